The minimum atomic E-state index is -0.705. The first-order valence-corrected chi connectivity index (χ1v) is 9.22. The number of carbonyl (C=O) groups excluding carboxylic acids is 2. The van der Waals surface area contributed by atoms with E-state index in [-0.39, 0.29) is 19.1 Å². The molecule has 148 valence electrons. The van der Waals surface area contributed by atoms with E-state index in [0.29, 0.717) is 12.5 Å². The van der Waals surface area contributed by atoms with E-state index in [0.717, 1.165) is 12.8 Å². The number of aliphatic hydroxyl groups excluding tert-OH is 1. The van der Waals surface area contributed by atoms with Crippen LogP contribution in [0.2, 0.25) is 0 Å². The summed E-state index contributed by atoms with van der Waals surface area (Å²) >= 11 is 0. The summed E-state index contributed by atoms with van der Waals surface area (Å²) in [6.45, 7) is 8.69. The molecule has 0 fully saturated rings. The van der Waals surface area contributed by atoms with Crippen LogP contribution >= 0.6 is 0 Å². The lowest BCUT2D eigenvalue weighted by Crippen LogP contribution is -2.49. The molecule has 0 rings (SSSR count). The Kier molecular flexibility index (Phi) is 13.4. The van der Waals surface area contributed by atoms with Crippen LogP contribution in [0.5, 0.6) is 0 Å². The molecule has 0 aromatic carbocycles. The lowest BCUT2D eigenvalue weighted by molar-refractivity contribution is -0.144. The van der Waals surface area contributed by atoms with Gasteiger partial charge in [-0.25, -0.2) is 4.79 Å². The Hall–Kier alpha value is -1.18. The van der Waals surface area contributed by atoms with Gasteiger partial charge in [-0.1, -0.05) is 33.1 Å². The molecule has 0 spiro atoms. The van der Waals surface area contributed by atoms with E-state index in [2.05, 4.69) is 29.2 Å². The Bertz CT molecular complexity index is 378. The molecule has 0 aromatic rings. The molecule has 0 aliphatic heterocycles. The van der Waals surface area contributed by atoms with E-state index in [1.807, 2.05) is 0 Å². The van der Waals surface area contributed by atoms with Gasteiger partial charge in [0.1, 0.15) is 6.04 Å². The van der Waals surface area contributed by atoms with Crippen LogP contribution in [-0.2, 0) is 19.1 Å². The third kappa shape index (κ3) is 11.1. The number of carbonyl (C=O) groups is 2. The third-order valence-electron chi connectivity index (χ3n) is 4.17. The standard InChI is InChI=1S/C18H36N2O5/c1-6-8-9-15(7-2)11-25-12-16(21)10-19-13(3)17(22)20-14(4)18(23)24-5/h13-16,19,21H,6-12H2,1-5H3,(H,20,22). The maximum absolute atomic E-state index is 11.9. The van der Waals surface area contributed by atoms with Gasteiger partial charge in [0.15, 0.2) is 0 Å². The van der Waals surface area contributed by atoms with Gasteiger partial charge in [0.2, 0.25) is 5.91 Å². The molecular weight excluding hydrogens is 324 g/mol. The molecule has 0 saturated carbocycles. The molecule has 0 radical (unpaired) electrons. The van der Waals surface area contributed by atoms with E-state index in [1.54, 1.807) is 13.8 Å². The first kappa shape index (κ1) is 23.8. The second-order valence-corrected chi connectivity index (χ2v) is 6.49. The van der Waals surface area contributed by atoms with Crippen LogP contribution in [0.3, 0.4) is 0 Å². The van der Waals surface area contributed by atoms with Gasteiger partial charge in [-0.05, 0) is 26.2 Å². The highest BCUT2D eigenvalue weighted by Crippen LogP contribution is 2.12. The van der Waals surface area contributed by atoms with E-state index < -0.39 is 24.2 Å². The molecule has 0 bridgehead atoms. The fourth-order valence-electron chi connectivity index (χ4n) is 2.31. The summed E-state index contributed by atoms with van der Waals surface area (Å²) in [6.07, 6.45) is 3.91. The molecule has 3 N–H and O–H groups in total. The summed E-state index contributed by atoms with van der Waals surface area (Å²) in [4.78, 5) is 23.2. The normalized spacial score (nSPS) is 15.9. The summed E-state index contributed by atoms with van der Waals surface area (Å²) in [7, 11) is 1.27. The minimum absolute atomic E-state index is 0.239. The zero-order valence-corrected chi connectivity index (χ0v) is 16.3. The van der Waals surface area contributed by atoms with Crippen molar-refractivity contribution in [1.82, 2.24) is 10.6 Å². The first-order chi connectivity index (χ1) is 11.8. The lowest BCUT2D eigenvalue weighted by Gasteiger charge is -2.20. The van der Waals surface area contributed by atoms with E-state index in [4.69, 9.17) is 4.74 Å². The predicted molar refractivity (Wildman–Crippen MR) is 97.2 cm³/mol. The van der Waals surface area contributed by atoms with Gasteiger partial charge in [0.05, 0.1) is 25.9 Å². The molecule has 7 heteroatoms. The van der Waals surface area contributed by atoms with Gasteiger partial charge in [-0.15, -0.1) is 0 Å². The van der Waals surface area contributed by atoms with Crippen LogP contribution in [0.1, 0.15) is 53.4 Å². The summed E-state index contributed by atoms with van der Waals surface area (Å²) in [6, 6.07) is -1.24. The van der Waals surface area contributed by atoms with Gasteiger partial charge in [0.25, 0.3) is 0 Å². The highest BCUT2D eigenvalue weighted by molar-refractivity contribution is 5.86. The van der Waals surface area contributed by atoms with Gasteiger partial charge in [-0.2, -0.15) is 0 Å². The summed E-state index contributed by atoms with van der Waals surface area (Å²) in [5.41, 5.74) is 0. The molecule has 4 unspecified atom stereocenters. The summed E-state index contributed by atoms with van der Waals surface area (Å²) in [5.74, 6) is -0.288. The van der Waals surface area contributed by atoms with Crippen molar-refractivity contribution in [3.63, 3.8) is 0 Å². The second kappa shape index (κ2) is 14.0. The number of aliphatic hydroxyl groups is 1. The second-order valence-electron chi connectivity index (χ2n) is 6.49. The van der Waals surface area contributed by atoms with Crippen molar-refractivity contribution in [2.45, 2.75) is 71.6 Å². The molecule has 4 atom stereocenters. The number of esters is 1. The van der Waals surface area contributed by atoms with E-state index in [1.165, 1.54) is 20.0 Å². The van der Waals surface area contributed by atoms with Gasteiger partial charge >= 0.3 is 5.97 Å². The zero-order valence-electron chi connectivity index (χ0n) is 16.3. The number of amides is 1. The fraction of sp³-hybridized carbons (Fsp3) is 0.889. The molecule has 25 heavy (non-hydrogen) atoms. The molecule has 0 saturated heterocycles. The van der Waals surface area contributed by atoms with Crippen molar-refractivity contribution in [3.8, 4) is 0 Å². The van der Waals surface area contributed by atoms with Crippen molar-refractivity contribution < 1.29 is 24.2 Å². The maximum atomic E-state index is 11.9. The third-order valence-corrected chi connectivity index (χ3v) is 4.17. The number of ether oxygens (including phenoxy) is 2. The highest BCUT2D eigenvalue weighted by atomic mass is 16.5. The Labute approximate surface area is 151 Å². The molecule has 7 nitrogen and oxygen atoms in total. The van der Waals surface area contributed by atoms with Gasteiger partial charge in [-0.3, -0.25) is 4.79 Å². The highest BCUT2D eigenvalue weighted by Gasteiger charge is 2.20. The van der Waals surface area contributed by atoms with Crippen molar-refractivity contribution in [3.05, 3.63) is 0 Å². The maximum Gasteiger partial charge on any atom is 0.328 e. The van der Waals surface area contributed by atoms with Crippen molar-refractivity contribution >= 4 is 11.9 Å². The van der Waals surface area contributed by atoms with Crippen molar-refractivity contribution in [1.29, 1.82) is 0 Å². The molecule has 0 aromatic heterocycles. The molecule has 1 amide bonds. The van der Waals surface area contributed by atoms with Crippen LogP contribution in [0.25, 0.3) is 0 Å². The largest absolute Gasteiger partial charge is 0.467 e. The van der Waals surface area contributed by atoms with E-state index in [9.17, 15) is 14.7 Å². The zero-order chi connectivity index (χ0) is 19.2. The van der Waals surface area contributed by atoms with Crippen molar-refractivity contribution in [2.75, 3.05) is 26.9 Å². The Balaban J connectivity index is 3.97. The van der Waals surface area contributed by atoms with Crippen LogP contribution < -0.4 is 10.6 Å². The van der Waals surface area contributed by atoms with Crippen molar-refractivity contribution in [2.24, 2.45) is 5.92 Å². The average Bonchev–Trinajstić information content (AvgIpc) is 2.61. The molecular formula is C18H36N2O5. The average molecular weight is 360 g/mol. The van der Waals surface area contributed by atoms with E-state index >= 15 is 0 Å². The van der Waals surface area contributed by atoms with Crippen LogP contribution in [-0.4, -0.2) is 62.0 Å². The summed E-state index contributed by atoms with van der Waals surface area (Å²) in [5, 5.41) is 15.4. The topological polar surface area (TPSA) is 96.9 Å². The number of rotatable bonds is 14. The number of nitrogens with one attached hydrogen (secondary N) is 2. The van der Waals surface area contributed by atoms with Gasteiger partial charge < -0.3 is 25.2 Å². The molecule has 0 aliphatic rings. The fourth-order valence-corrected chi connectivity index (χ4v) is 2.31. The summed E-state index contributed by atoms with van der Waals surface area (Å²) < 4.78 is 10.2. The number of hydrogen-bond donors (Lipinski definition) is 3. The lowest BCUT2D eigenvalue weighted by atomic mass is 10.0. The monoisotopic (exact) mass is 360 g/mol. The molecule has 0 heterocycles. The predicted octanol–water partition coefficient (Wildman–Crippen LogP) is 1.24. The van der Waals surface area contributed by atoms with Crippen LogP contribution in [0, 0.1) is 5.92 Å². The number of unbranched alkanes of at least 4 members (excludes halogenated alkanes) is 1. The smallest absolute Gasteiger partial charge is 0.328 e. The Morgan fingerprint density at radius 2 is 1.80 bits per heavy atom. The first-order valence-electron chi connectivity index (χ1n) is 9.22. The van der Waals surface area contributed by atoms with Crippen LogP contribution in [0.4, 0.5) is 0 Å². The SMILES string of the molecule is CCCCC(CC)COCC(O)CNC(C)C(=O)NC(C)C(=O)OC. The minimum Gasteiger partial charge on any atom is -0.467 e. The molecule has 0 aliphatic carbocycles. The van der Waals surface area contributed by atoms with Crippen LogP contribution in [0.15, 0.2) is 0 Å². The van der Waals surface area contributed by atoms with Gasteiger partial charge in [0, 0.05) is 13.2 Å². The quantitative estimate of drug-likeness (QED) is 0.403. The Morgan fingerprint density at radius 3 is 2.36 bits per heavy atom. The number of hydrogen-bond acceptors (Lipinski definition) is 6. The Morgan fingerprint density at radius 1 is 1.12 bits per heavy atom. The number of methoxy groups -OCH3 is 1.